The van der Waals surface area contributed by atoms with Crippen molar-refractivity contribution in [3.8, 4) is 11.4 Å². The fourth-order valence-corrected chi connectivity index (χ4v) is 3.63. The highest BCUT2D eigenvalue weighted by molar-refractivity contribution is 6.36. The van der Waals surface area contributed by atoms with Crippen LogP contribution in [0.4, 0.5) is 11.6 Å². The van der Waals surface area contributed by atoms with E-state index in [0.29, 0.717) is 22.4 Å². The summed E-state index contributed by atoms with van der Waals surface area (Å²) >= 11 is 12.3. The summed E-state index contributed by atoms with van der Waals surface area (Å²) in [5.74, 6) is 2.38. The molecule has 5 nitrogen and oxygen atoms in total. The quantitative estimate of drug-likeness (QED) is 0.327. The van der Waals surface area contributed by atoms with Gasteiger partial charge in [-0.15, -0.1) is 0 Å². The number of hydrogen-bond acceptors (Lipinski definition) is 4. The van der Waals surface area contributed by atoms with Crippen molar-refractivity contribution in [2.75, 3.05) is 23.7 Å². The first kappa shape index (κ1) is 19.6. The predicted octanol–water partition coefficient (Wildman–Crippen LogP) is 6.07. The molecule has 0 aliphatic rings. The van der Waals surface area contributed by atoms with E-state index in [9.17, 15) is 0 Å². The average Bonchev–Trinajstić information content (AvgIpc) is 3.11. The van der Waals surface area contributed by atoms with Crippen LogP contribution in [0.3, 0.4) is 0 Å². The average molecular weight is 426 g/mol. The molecule has 0 saturated carbocycles. The van der Waals surface area contributed by atoms with Gasteiger partial charge in [0.1, 0.15) is 11.6 Å². The number of nitrogens with zero attached hydrogens (tertiary/aromatic N) is 2. The number of aromatic amines is 1. The molecule has 0 aliphatic heterocycles. The molecule has 0 fully saturated rings. The van der Waals surface area contributed by atoms with E-state index in [2.05, 4.69) is 43.8 Å². The lowest BCUT2D eigenvalue weighted by atomic mass is 10.2. The third-order valence-corrected chi connectivity index (χ3v) is 5.37. The molecular formula is C22H21Cl2N5. The number of benzene rings is 2. The minimum atomic E-state index is 0.534. The van der Waals surface area contributed by atoms with Gasteiger partial charge in [-0.2, -0.15) is 0 Å². The van der Waals surface area contributed by atoms with Crippen molar-refractivity contribution in [1.82, 2.24) is 15.0 Å². The van der Waals surface area contributed by atoms with Gasteiger partial charge >= 0.3 is 0 Å². The Bertz CT molecular complexity index is 1140. The molecule has 0 saturated heterocycles. The lowest BCUT2D eigenvalue weighted by Crippen LogP contribution is -2.16. The molecule has 4 aromatic rings. The van der Waals surface area contributed by atoms with Crippen LogP contribution in [0.1, 0.15) is 11.3 Å². The second-order valence-corrected chi connectivity index (χ2v) is 7.70. The zero-order valence-electron chi connectivity index (χ0n) is 16.2. The highest BCUT2D eigenvalue weighted by atomic mass is 35.5. The fraction of sp³-hybridized carbons (Fsp3) is 0.182. The number of halogens is 2. The van der Waals surface area contributed by atoms with Crippen LogP contribution in [0.25, 0.3) is 22.3 Å². The molecule has 0 atom stereocenters. The summed E-state index contributed by atoms with van der Waals surface area (Å²) in [6, 6.07) is 15.7. The SMILES string of the molecule is Cc1nc(-c2ccc(Cl)cc2Cl)nc(NCCNc2cc3ccccc3[nH]2)c1C. The van der Waals surface area contributed by atoms with Crippen LogP contribution in [0, 0.1) is 13.8 Å². The van der Waals surface area contributed by atoms with Gasteiger partial charge in [0.15, 0.2) is 5.82 Å². The zero-order valence-corrected chi connectivity index (χ0v) is 17.7. The molecule has 7 heteroatoms. The number of anilines is 2. The highest BCUT2D eigenvalue weighted by Crippen LogP contribution is 2.30. The van der Waals surface area contributed by atoms with Crippen LogP contribution in [0.2, 0.25) is 10.0 Å². The van der Waals surface area contributed by atoms with E-state index in [0.717, 1.165) is 40.5 Å². The van der Waals surface area contributed by atoms with E-state index in [1.54, 1.807) is 12.1 Å². The van der Waals surface area contributed by atoms with Gasteiger partial charge in [-0.3, -0.25) is 0 Å². The van der Waals surface area contributed by atoms with Gasteiger partial charge in [0.25, 0.3) is 0 Å². The van der Waals surface area contributed by atoms with E-state index in [1.165, 1.54) is 5.39 Å². The van der Waals surface area contributed by atoms with E-state index in [4.69, 9.17) is 23.2 Å². The van der Waals surface area contributed by atoms with Crippen LogP contribution in [-0.2, 0) is 0 Å². The van der Waals surface area contributed by atoms with Crippen molar-refractivity contribution in [3.63, 3.8) is 0 Å². The molecule has 148 valence electrons. The maximum absolute atomic E-state index is 6.34. The molecule has 2 aromatic heterocycles. The highest BCUT2D eigenvalue weighted by Gasteiger charge is 2.12. The number of hydrogen-bond donors (Lipinski definition) is 3. The van der Waals surface area contributed by atoms with E-state index in [-0.39, 0.29) is 0 Å². The van der Waals surface area contributed by atoms with Gasteiger partial charge in [0.05, 0.1) is 5.02 Å². The van der Waals surface area contributed by atoms with E-state index >= 15 is 0 Å². The topological polar surface area (TPSA) is 65.6 Å². The van der Waals surface area contributed by atoms with Gasteiger partial charge in [-0.25, -0.2) is 9.97 Å². The summed E-state index contributed by atoms with van der Waals surface area (Å²) in [4.78, 5) is 12.6. The summed E-state index contributed by atoms with van der Waals surface area (Å²) in [5.41, 5.74) is 3.81. The first-order chi connectivity index (χ1) is 14.0. The third kappa shape index (κ3) is 4.31. The van der Waals surface area contributed by atoms with Crippen LogP contribution < -0.4 is 10.6 Å². The molecule has 0 aliphatic carbocycles. The van der Waals surface area contributed by atoms with Crippen molar-refractivity contribution in [3.05, 3.63) is 69.8 Å². The van der Waals surface area contributed by atoms with Gasteiger partial charge in [-0.05, 0) is 44.2 Å². The third-order valence-electron chi connectivity index (χ3n) is 4.82. The summed E-state index contributed by atoms with van der Waals surface area (Å²) in [6.45, 7) is 5.43. The summed E-state index contributed by atoms with van der Waals surface area (Å²) in [5, 5.41) is 9.12. The van der Waals surface area contributed by atoms with Crippen LogP contribution >= 0.6 is 23.2 Å². The zero-order chi connectivity index (χ0) is 20.4. The van der Waals surface area contributed by atoms with Crippen molar-refractivity contribution >= 4 is 45.7 Å². The standard InChI is InChI=1S/C22H21Cl2N5/c1-13-14(2)27-22(17-8-7-16(23)12-18(17)24)29-21(13)26-10-9-25-20-11-15-5-3-4-6-19(15)28-20/h3-8,11-12,25,28H,9-10H2,1-2H3,(H,26,27,29). The smallest absolute Gasteiger partial charge is 0.163 e. The lowest BCUT2D eigenvalue weighted by Gasteiger charge is -2.13. The lowest BCUT2D eigenvalue weighted by molar-refractivity contribution is 1.01. The van der Waals surface area contributed by atoms with E-state index in [1.807, 2.05) is 32.0 Å². The van der Waals surface area contributed by atoms with Crippen molar-refractivity contribution in [1.29, 1.82) is 0 Å². The molecule has 0 radical (unpaired) electrons. The number of H-pyrrole nitrogens is 1. The molecule has 4 rings (SSSR count). The number of para-hydroxylation sites is 1. The van der Waals surface area contributed by atoms with Gasteiger partial charge in [-0.1, -0.05) is 41.4 Å². The number of aromatic nitrogens is 3. The Morgan fingerprint density at radius 2 is 1.72 bits per heavy atom. The monoisotopic (exact) mass is 425 g/mol. The largest absolute Gasteiger partial charge is 0.370 e. The molecule has 3 N–H and O–H groups in total. The van der Waals surface area contributed by atoms with Crippen molar-refractivity contribution < 1.29 is 0 Å². The maximum Gasteiger partial charge on any atom is 0.163 e. The Morgan fingerprint density at radius 1 is 0.931 bits per heavy atom. The normalized spacial score (nSPS) is 11.0. The number of fused-ring (bicyclic) bond motifs is 1. The maximum atomic E-state index is 6.34. The number of aryl methyl sites for hydroxylation is 1. The van der Waals surface area contributed by atoms with Gasteiger partial charge < -0.3 is 15.6 Å². The van der Waals surface area contributed by atoms with Gasteiger partial charge in [0.2, 0.25) is 0 Å². The van der Waals surface area contributed by atoms with Crippen molar-refractivity contribution in [2.24, 2.45) is 0 Å². The Hall–Kier alpha value is -2.76. The van der Waals surface area contributed by atoms with E-state index < -0.39 is 0 Å². The van der Waals surface area contributed by atoms with Crippen molar-refractivity contribution in [2.45, 2.75) is 13.8 Å². The molecule has 0 spiro atoms. The minimum absolute atomic E-state index is 0.534. The number of rotatable bonds is 6. The van der Waals surface area contributed by atoms with Gasteiger partial charge in [0, 0.05) is 45.8 Å². The van der Waals surface area contributed by atoms with Crippen LogP contribution in [0.5, 0.6) is 0 Å². The summed E-state index contributed by atoms with van der Waals surface area (Å²) < 4.78 is 0. The minimum Gasteiger partial charge on any atom is -0.370 e. The Labute approximate surface area is 179 Å². The second-order valence-electron chi connectivity index (χ2n) is 6.85. The van der Waals surface area contributed by atoms with Crippen LogP contribution in [0.15, 0.2) is 48.5 Å². The molecule has 2 heterocycles. The molecular weight excluding hydrogens is 405 g/mol. The Balaban J connectivity index is 1.46. The summed E-state index contributed by atoms with van der Waals surface area (Å²) in [7, 11) is 0. The fourth-order valence-electron chi connectivity index (χ4n) is 3.14. The first-order valence-corrected chi connectivity index (χ1v) is 10.1. The van der Waals surface area contributed by atoms with Crippen LogP contribution in [-0.4, -0.2) is 28.0 Å². The molecule has 0 unspecified atom stereocenters. The summed E-state index contributed by atoms with van der Waals surface area (Å²) in [6.07, 6.45) is 0. The molecule has 29 heavy (non-hydrogen) atoms. The number of nitrogens with one attached hydrogen (secondary N) is 3. The second kappa shape index (κ2) is 8.31. The Kier molecular flexibility index (Phi) is 5.60. The Morgan fingerprint density at radius 3 is 2.52 bits per heavy atom. The predicted molar refractivity (Wildman–Crippen MR) is 122 cm³/mol. The molecule has 2 aromatic carbocycles. The molecule has 0 bridgehead atoms. The molecule has 0 amide bonds. The first-order valence-electron chi connectivity index (χ1n) is 9.37.